The molecule has 100 valence electrons. The van der Waals surface area contributed by atoms with Gasteiger partial charge < -0.3 is 11.1 Å². The Kier molecular flexibility index (Phi) is 5.35. The Morgan fingerprint density at radius 2 is 1.89 bits per heavy atom. The summed E-state index contributed by atoms with van der Waals surface area (Å²) in [4.78, 5) is 11.7. The van der Waals surface area contributed by atoms with Gasteiger partial charge in [-0.05, 0) is 44.4 Å². The maximum absolute atomic E-state index is 11.7. The van der Waals surface area contributed by atoms with Crippen LogP contribution in [0.2, 0.25) is 0 Å². The maximum atomic E-state index is 11.7. The first-order valence-corrected chi connectivity index (χ1v) is 6.60. The molecule has 0 aromatic heterocycles. The number of rotatable bonds is 6. The first kappa shape index (κ1) is 14.7. The summed E-state index contributed by atoms with van der Waals surface area (Å²) in [7, 11) is 0. The number of nitrogens with two attached hydrogens (primary N) is 1. The van der Waals surface area contributed by atoms with Crippen molar-refractivity contribution in [3.63, 3.8) is 0 Å². The molecule has 0 saturated carbocycles. The number of hydrogen-bond acceptors (Lipinski definition) is 2. The molecule has 1 amide bonds. The molecule has 3 nitrogen and oxygen atoms in total. The smallest absolute Gasteiger partial charge is 0.220 e. The largest absolute Gasteiger partial charge is 0.347 e. The van der Waals surface area contributed by atoms with Gasteiger partial charge in [-0.25, -0.2) is 0 Å². The number of carbonyl (C=O) groups excluding carboxylic acids is 1. The second kappa shape index (κ2) is 6.55. The molecule has 0 aliphatic heterocycles. The Morgan fingerprint density at radius 1 is 1.28 bits per heavy atom. The molecule has 3 N–H and O–H groups in total. The lowest BCUT2D eigenvalue weighted by molar-refractivity contribution is -0.122. The molecule has 0 aliphatic rings. The molecule has 0 fully saturated rings. The molecule has 0 radical (unpaired) electrons. The van der Waals surface area contributed by atoms with Gasteiger partial charge in [-0.15, -0.1) is 0 Å². The molecule has 18 heavy (non-hydrogen) atoms. The van der Waals surface area contributed by atoms with E-state index in [4.69, 9.17) is 5.73 Å². The van der Waals surface area contributed by atoms with Gasteiger partial charge in [0.25, 0.3) is 0 Å². The zero-order chi connectivity index (χ0) is 13.6. The van der Waals surface area contributed by atoms with Gasteiger partial charge in [-0.1, -0.05) is 31.2 Å². The number of benzene rings is 1. The van der Waals surface area contributed by atoms with Crippen LogP contribution in [0.15, 0.2) is 24.3 Å². The average Bonchev–Trinajstić information content (AvgIpc) is 2.36. The minimum absolute atomic E-state index is 0.0602. The lowest BCUT2D eigenvalue weighted by Gasteiger charge is -2.27. The third-order valence-electron chi connectivity index (χ3n) is 3.14. The summed E-state index contributed by atoms with van der Waals surface area (Å²) in [6.45, 7) is 6.73. The Hall–Kier alpha value is -1.35. The summed E-state index contributed by atoms with van der Waals surface area (Å²) in [6.07, 6.45) is 2.26. The van der Waals surface area contributed by atoms with Crippen LogP contribution in [-0.2, 0) is 16.8 Å². The lowest BCUT2D eigenvalue weighted by atomic mass is 9.93. The fourth-order valence-electron chi connectivity index (χ4n) is 1.90. The molecule has 3 heteroatoms. The SMILES string of the molecule is CCc1ccc(C(C)(C)NC(=O)CCCN)cc1. The standard InChI is InChI=1S/C15H24N2O/c1-4-12-7-9-13(10-8-12)15(2,3)17-14(18)6-5-11-16/h7-10H,4-6,11,16H2,1-3H3,(H,17,18). The summed E-state index contributed by atoms with van der Waals surface area (Å²) in [5.74, 6) is 0.0602. The van der Waals surface area contributed by atoms with Crippen molar-refractivity contribution >= 4 is 5.91 Å². The van der Waals surface area contributed by atoms with Crippen LogP contribution < -0.4 is 11.1 Å². The van der Waals surface area contributed by atoms with Gasteiger partial charge in [0.15, 0.2) is 0 Å². The van der Waals surface area contributed by atoms with E-state index in [1.807, 2.05) is 13.8 Å². The third-order valence-corrected chi connectivity index (χ3v) is 3.14. The Morgan fingerprint density at radius 3 is 2.39 bits per heavy atom. The van der Waals surface area contributed by atoms with Crippen molar-refractivity contribution in [1.29, 1.82) is 0 Å². The summed E-state index contributed by atoms with van der Waals surface area (Å²) in [5, 5.41) is 3.05. The third kappa shape index (κ3) is 4.15. The van der Waals surface area contributed by atoms with Gasteiger partial charge >= 0.3 is 0 Å². The van der Waals surface area contributed by atoms with Gasteiger partial charge in [0, 0.05) is 6.42 Å². The Balaban J connectivity index is 2.69. The van der Waals surface area contributed by atoms with Crippen molar-refractivity contribution in [2.75, 3.05) is 6.54 Å². The van der Waals surface area contributed by atoms with Crippen molar-refractivity contribution in [2.24, 2.45) is 5.73 Å². The highest BCUT2D eigenvalue weighted by atomic mass is 16.1. The van der Waals surface area contributed by atoms with Crippen molar-refractivity contribution in [2.45, 2.75) is 45.6 Å². The highest BCUT2D eigenvalue weighted by Gasteiger charge is 2.22. The topological polar surface area (TPSA) is 55.1 Å². The highest BCUT2D eigenvalue weighted by Crippen LogP contribution is 2.20. The second-order valence-corrected chi connectivity index (χ2v) is 5.12. The summed E-state index contributed by atoms with van der Waals surface area (Å²) < 4.78 is 0. The normalized spacial score (nSPS) is 11.3. The molecule has 0 aliphatic carbocycles. The van der Waals surface area contributed by atoms with E-state index in [1.54, 1.807) is 0 Å². The van der Waals surface area contributed by atoms with Crippen LogP contribution in [0.4, 0.5) is 0 Å². The van der Waals surface area contributed by atoms with E-state index in [0.717, 1.165) is 18.4 Å². The van der Waals surface area contributed by atoms with E-state index in [1.165, 1.54) is 5.56 Å². The van der Waals surface area contributed by atoms with Crippen molar-refractivity contribution in [1.82, 2.24) is 5.32 Å². The minimum atomic E-state index is -0.335. The van der Waals surface area contributed by atoms with Gasteiger partial charge in [0.1, 0.15) is 0 Å². The molecule has 0 spiro atoms. The number of nitrogens with one attached hydrogen (secondary N) is 1. The minimum Gasteiger partial charge on any atom is -0.347 e. The zero-order valence-corrected chi connectivity index (χ0v) is 11.6. The highest BCUT2D eigenvalue weighted by molar-refractivity contribution is 5.76. The van der Waals surface area contributed by atoms with Crippen LogP contribution in [0.25, 0.3) is 0 Å². The van der Waals surface area contributed by atoms with E-state index >= 15 is 0 Å². The van der Waals surface area contributed by atoms with E-state index in [9.17, 15) is 4.79 Å². The molecule has 1 rings (SSSR count). The zero-order valence-electron chi connectivity index (χ0n) is 11.6. The Labute approximate surface area is 110 Å². The molecular formula is C15H24N2O. The molecule has 0 atom stereocenters. The molecule has 0 bridgehead atoms. The lowest BCUT2D eigenvalue weighted by Crippen LogP contribution is -2.41. The second-order valence-electron chi connectivity index (χ2n) is 5.12. The summed E-state index contributed by atoms with van der Waals surface area (Å²) in [5.41, 5.74) is 7.50. The van der Waals surface area contributed by atoms with E-state index in [2.05, 4.69) is 36.5 Å². The number of aryl methyl sites for hydroxylation is 1. The van der Waals surface area contributed by atoms with Crippen LogP contribution in [0, 0.1) is 0 Å². The quantitative estimate of drug-likeness (QED) is 0.812. The van der Waals surface area contributed by atoms with Gasteiger partial charge in [0.2, 0.25) is 5.91 Å². The summed E-state index contributed by atoms with van der Waals surface area (Å²) in [6, 6.07) is 8.40. The number of hydrogen-bond donors (Lipinski definition) is 2. The number of carbonyl (C=O) groups is 1. The van der Waals surface area contributed by atoms with Crippen LogP contribution in [0.5, 0.6) is 0 Å². The van der Waals surface area contributed by atoms with E-state index < -0.39 is 0 Å². The van der Waals surface area contributed by atoms with Crippen molar-refractivity contribution in [3.8, 4) is 0 Å². The first-order valence-electron chi connectivity index (χ1n) is 6.60. The monoisotopic (exact) mass is 248 g/mol. The van der Waals surface area contributed by atoms with Gasteiger partial charge in [0.05, 0.1) is 5.54 Å². The van der Waals surface area contributed by atoms with Crippen molar-refractivity contribution in [3.05, 3.63) is 35.4 Å². The van der Waals surface area contributed by atoms with E-state index in [0.29, 0.717) is 13.0 Å². The number of amides is 1. The van der Waals surface area contributed by atoms with Crippen molar-refractivity contribution < 1.29 is 4.79 Å². The Bertz CT molecular complexity index is 382. The van der Waals surface area contributed by atoms with Gasteiger partial charge in [-0.3, -0.25) is 4.79 Å². The molecule has 0 saturated heterocycles. The fourth-order valence-corrected chi connectivity index (χ4v) is 1.90. The van der Waals surface area contributed by atoms with Crippen LogP contribution >= 0.6 is 0 Å². The molecular weight excluding hydrogens is 224 g/mol. The molecule has 0 unspecified atom stereocenters. The van der Waals surface area contributed by atoms with Gasteiger partial charge in [-0.2, -0.15) is 0 Å². The molecule has 0 heterocycles. The predicted octanol–water partition coefficient (Wildman–Crippen LogP) is 2.34. The molecule has 1 aromatic carbocycles. The molecule has 1 aromatic rings. The van der Waals surface area contributed by atoms with Crippen LogP contribution in [0.3, 0.4) is 0 Å². The fraction of sp³-hybridized carbons (Fsp3) is 0.533. The maximum Gasteiger partial charge on any atom is 0.220 e. The first-order chi connectivity index (χ1) is 8.49. The van der Waals surface area contributed by atoms with Crippen LogP contribution in [-0.4, -0.2) is 12.5 Å². The average molecular weight is 248 g/mol. The summed E-state index contributed by atoms with van der Waals surface area (Å²) >= 11 is 0. The van der Waals surface area contributed by atoms with E-state index in [-0.39, 0.29) is 11.4 Å². The predicted molar refractivity (Wildman–Crippen MR) is 75.3 cm³/mol. The van der Waals surface area contributed by atoms with Crippen LogP contribution in [0.1, 0.15) is 44.7 Å².